The van der Waals surface area contributed by atoms with Crippen LogP contribution in [-0.4, -0.2) is 39.2 Å². The molecule has 1 aromatic carbocycles. The fourth-order valence-electron chi connectivity index (χ4n) is 2.78. The molecule has 0 radical (unpaired) electrons. The molecule has 3 N–H and O–H groups in total. The first-order valence-electron chi connectivity index (χ1n) is 9.17. The van der Waals surface area contributed by atoms with Crippen LogP contribution >= 0.6 is 0 Å². The highest BCUT2D eigenvalue weighted by atomic mass is 16.5. The molecule has 2 aromatic rings. The smallest absolute Gasteiger partial charge is 0.321 e. The molecule has 0 aliphatic carbocycles. The number of hydrogen-bond acceptors (Lipinski definition) is 5. The van der Waals surface area contributed by atoms with Crippen LogP contribution in [0.4, 0.5) is 0 Å². The van der Waals surface area contributed by atoms with Gasteiger partial charge in [0.15, 0.2) is 0 Å². The summed E-state index contributed by atoms with van der Waals surface area (Å²) in [6.07, 6.45) is 3.94. The van der Waals surface area contributed by atoms with Crippen LogP contribution in [0.3, 0.4) is 0 Å². The Morgan fingerprint density at radius 3 is 2.11 bits per heavy atom. The maximum absolute atomic E-state index is 11.6. The van der Waals surface area contributed by atoms with E-state index >= 15 is 0 Å². The van der Waals surface area contributed by atoms with Gasteiger partial charge in [-0.2, -0.15) is 0 Å². The first kappa shape index (κ1) is 21.4. The molecule has 28 heavy (non-hydrogen) atoms. The first-order valence-corrected chi connectivity index (χ1v) is 9.17. The normalized spacial score (nSPS) is 13.1. The molecule has 0 aliphatic heterocycles. The van der Waals surface area contributed by atoms with Crippen LogP contribution in [0.5, 0.6) is 5.75 Å². The number of benzene rings is 1. The Balaban J connectivity index is 1.97. The lowest BCUT2D eigenvalue weighted by Gasteiger charge is -2.22. The van der Waals surface area contributed by atoms with Gasteiger partial charge in [-0.3, -0.25) is 19.9 Å². The monoisotopic (exact) mass is 386 g/mol. The average molecular weight is 386 g/mol. The average Bonchev–Trinajstić information content (AvgIpc) is 2.66. The van der Waals surface area contributed by atoms with Crippen LogP contribution < -0.4 is 10.1 Å². The van der Waals surface area contributed by atoms with Crippen LogP contribution in [0.15, 0.2) is 48.8 Å². The molecule has 2 atom stereocenters. The fraction of sp³-hybridized carbons (Fsp3) is 0.381. The van der Waals surface area contributed by atoms with Crippen molar-refractivity contribution in [2.45, 2.75) is 45.4 Å². The van der Waals surface area contributed by atoms with Gasteiger partial charge in [-0.25, -0.2) is 0 Å². The van der Waals surface area contributed by atoms with Crippen molar-refractivity contribution < 1.29 is 24.5 Å². The van der Waals surface area contributed by atoms with Crippen molar-refractivity contribution >= 4 is 11.9 Å². The molecule has 0 aliphatic rings. The van der Waals surface area contributed by atoms with Crippen LogP contribution in [0.25, 0.3) is 0 Å². The van der Waals surface area contributed by atoms with Crippen LogP contribution in [0, 0.1) is 5.92 Å². The summed E-state index contributed by atoms with van der Waals surface area (Å²) in [7, 11) is 0. The second-order valence-corrected chi connectivity index (χ2v) is 7.07. The molecule has 2 rings (SSSR count). The number of nitrogens with zero attached hydrogens (tertiary/aromatic N) is 1. The van der Waals surface area contributed by atoms with Gasteiger partial charge in [0.25, 0.3) is 0 Å². The van der Waals surface area contributed by atoms with Crippen molar-refractivity contribution in [2.75, 3.05) is 0 Å². The number of pyridine rings is 1. The molecule has 1 heterocycles. The minimum absolute atomic E-state index is 0.139. The van der Waals surface area contributed by atoms with Crippen molar-refractivity contribution in [3.8, 4) is 5.75 Å². The number of carboxylic acids is 2. The Kier molecular flexibility index (Phi) is 7.95. The lowest BCUT2D eigenvalue weighted by molar-refractivity contribution is -0.142. The highest BCUT2D eigenvalue weighted by molar-refractivity contribution is 5.77. The van der Waals surface area contributed by atoms with E-state index in [0.717, 1.165) is 11.1 Å². The van der Waals surface area contributed by atoms with Crippen LogP contribution in [-0.2, 0) is 22.6 Å². The summed E-state index contributed by atoms with van der Waals surface area (Å²) in [4.78, 5) is 26.9. The Morgan fingerprint density at radius 1 is 0.964 bits per heavy atom. The van der Waals surface area contributed by atoms with E-state index in [1.165, 1.54) is 0 Å². The van der Waals surface area contributed by atoms with Crippen molar-refractivity contribution in [2.24, 2.45) is 5.92 Å². The van der Waals surface area contributed by atoms with Crippen molar-refractivity contribution in [3.05, 3.63) is 59.9 Å². The van der Waals surface area contributed by atoms with Crippen LogP contribution in [0.1, 0.15) is 31.4 Å². The molecule has 7 nitrogen and oxygen atoms in total. The molecule has 0 saturated carbocycles. The number of rotatable bonds is 11. The predicted octanol–water partition coefficient (Wildman–Crippen LogP) is 2.75. The second-order valence-electron chi connectivity index (χ2n) is 7.07. The van der Waals surface area contributed by atoms with Gasteiger partial charge < -0.3 is 14.9 Å². The SMILES string of the molecule is CC(C)CC(NC(Cc1ccc(OCc2ccncc2)cc1)C(=O)O)C(=O)O. The van der Waals surface area contributed by atoms with Gasteiger partial charge in [0.2, 0.25) is 0 Å². The molecule has 0 saturated heterocycles. The van der Waals surface area contributed by atoms with Gasteiger partial charge in [0.1, 0.15) is 24.4 Å². The second kappa shape index (κ2) is 10.4. The van der Waals surface area contributed by atoms with E-state index in [2.05, 4.69) is 10.3 Å². The van der Waals surface area contributed by atoms with E-state index in [4.69, 9.17) is 4.74 Å². The quantitative estimate of drug-likeness (QED) is 0.545. The van der Waals surface area contributed by atoms with Crippen molar-refractivity contribution in [3.63, 3.8) is 0 Å². The number of carbonyl (C=O) groups is 2. The lowest BCUT2D eigenvalue weighted by atomic mass is 10.0. The van der Waals surface area contributed by atoms with Crippen LogP contribution in [0.2, 0.25) is 0 Å². The number of nitrogens with one attached hydrogen (secondary N) is 1. The molecular formula is C21H26N2O5. The molecule has 2 unspecified atom stereocenters. The molecular weight excluding hydrogens is 360 g/mol. The zero-order valence-corrected chi connectivity index (χ0v) is 16.0. The molecule has 150 valence electrons. The minimum Gasteiger partial charge on any atom is -0.489 e. The van der Waals surface area contributed by atoms with Crippen molar-refractivity contribution in [1.82, 2.24) is 10.3 Å². The summed E-state index contributed by atoms with van der Waals surface area (Å²) in [5.41, 5.74) is 1.78. The fourth-order valence-corrected chi connectivity index (χ4v) is 2.78. The molecule has 7 heteroatoms. The third-order valence-electron chi connectivity index (χ3n) is 4.22. The van der Waals surface area contributed by atoms with Gasteiger partial charge in [-0.1, -0.05) is 26.0 Å². The zero-order chi connectivity index (χ0) is 20.5. The number of aliphatic carboxylic acids is 2. The Hall–Kier alpha value is -2.93. The molecule has 0 amide bonds. The highest BCUT2D eigenvalue weighted by Gasteiger charge is 2.26. The predicted molar refractivity (Wildman–Crippen MR) is 104 cm³/mol. The largest absolute Gasteiger partial charge is 0.489 e. The summed E-state index contributed by atoms with van der Waals surface area (Å²) in [6, 6.07) is 8.99. The molecule has 0 spiro atoms. The maximum atomic E-state index is 11.6. The van der Waals surface area contributed by atoms with E-state index in [1.54, 1.807) is 36.7 Å². The Labute approximate surface area is 164 Å². The van der Waals surface area contributed by atoms with Gasteiger partial charge in [0.05, 0.1) is 0 Å². The summed E-state index contributed by atoms with van der Waals surface area (Å²) in [5.74, 6) is -1.31. The van der Waals surface area contributed by atoms with Gasteiger partial charge in [-0.05, 0) is 54.2 Å². The molecule has 1 aromatic heterocycles. The van der Waals surface area contributed by atoms with E-state index < -0.39 is 24.0 Å². The zero-order valence-electron chi connectivity index (χ0n) is 16.0. The third-order valence-corrected chi connectivity index (χ3v) is 4.22. The first-order chi connectivity index (χ1) is 13.3. The topological polar surface area (TPSA) is 109 Å². The highest BCUT2D eigenvalue weighted by Crippen LogP contribution is 2.16. The maximum Gasteiger partial charge on any atom is 0.321 e. The van der Waals surface area contributed by atoms with E-state index in [1.807, 2.05) is 26.0 Å². The minimum atomic E-state index is -1.08. The van der Waals surface area contributed by atoms with Gasteiger partial charge >= 0.3 is 11.9 Å². The number of hydrogen-bond donors (Lipinski definition) is 3. The number of ether oxygens (including phenoxy) is 1. The van der Waals surface area contributed by atoms with E-state index in [0.29, 0.717) is 18.8 Å². The summed E-state index contributed by atoms with van der Waals surface area (Å²) < 4.78 is 5.70. The third kappa shape index (κ3) is 7.00. The summed E-state index contributed by atoms with van der Waals surface area (Å²) >= 11 is 0. The van der Waals surface area contributed by atoms with Crippen molar-refractivity contribution in [1.29, 1.82) is 0 Å². The van der Waals surface area contributed by atoms with Gasteiger partial charge in [0, 0.05) is 12.4 Å². The summed E-state index contributed by atoms with van der Waals surface area (Å²) in [5, 5.41) is 21.6. The number of carboxylic acid groups (broad SMARTS) is 2. The summed E-state index contributed by atoms with van der Waals surface area (Å²) in [6.45, 7) is 4.22. The van der Waals surface area contributed by atoms with E-state index in [9.17, 15) is 19.8 Å². The van der Waals surface area contributed by atoms with Gasteiger partial charge in [-0.15, -0.1) is 0 Å². The molecule has 0 bridgehead atoms. The standard InChI is InChI=1S/C21H26N2O5/c1-14(2)11-18(20(24)25)23-19(21(26)27)12-15-3-5-17(6-4-15)28-13-16-7-9-22-10-8-16/h3-10,14,18-19,23H,11-13H2,1-2H3,(H,24,25)(H,26,27). The van der Waals surface area contributed by atoms with E-state index in [-0.39, 0.29) is 12.3 Å². The lowest BCUT2D eigenvalue weighted by Crippen LogP contribution is -2.48. The Morgan fingerprint density at radius 2 is 1.57 bits per heavy atom. The molecule has 0 fully saturated rings. The Bertz CT molecular complexity index is 762. The number of aromatic nitrogens is 1.